The summed E-state index contributed by atoms with van der Waals surface area (Å²) in [7, 11) is 0. The Balaban J connectivity index is 1.84. The number of aliphatic imine (C=N–C) groups is 1. The molecule has 0 saturated carbocycles. The molecule has 1 aliphatic rings. The van der Waals surface area contributed by atoms with Gasteiger partial charge in [0.1, 0.15) is 11.6 Å². The van der Waals surface area contributed by atoms with Gasteiger partial charge in [0, 0.05) is 53.2 Å². The summed E-state index contributed by atoms with van der Waals surface area (Å²) in [6.45, 7) is 12.1. The van der Waals surface area contributed by atoms with Crippen molar-refractivity contribution >= 4 is 35.8 Å². The van der Waals surface area contributed by atoms with Crippen LogP contribution in [0.25, 0.3) is 12.4 Å². The molecular weight excluding hydrogens is 304 g/mol. The molecule has 1 fully saturated rings. The van der Waals surface area contributed by atoms with Gasteiger partial charge in [-0.3, -0.25) is 0 Å². The maximum absolute atomic E-state index is 4.64. The summed E-state index contributed by atoms with van der Waals surface area (Å²) in [6, 6.07) is 8.26. The smallest absolute Gasteiger partial charge is 0.136 e. The second-order valence-electron chi connectivity index (χ2n) is 5.57. The van der Waals surface area contributed by atoms with E-state index in [4.69, 9.17) is 0 Å². The molecule has 0 atom stereocenters. The lowest BCUT2D eigenvalue weighted by Crippen LogP contribution is -2.47. The predicted molar refractivity (Wildman–Crippen MR) is 99.4 cm³/mol. The lowest BCUT2D eigenvalue weighted by atomic mass is 10.2. The average molecular weight is 326 g/mol. The van der Waals surface area contributed by atoms with E-state index in [2.05, 4.69) is 45.4 Å². The molecule has 3 heterocycles. The number of aryl methyl sites for hydroxylation is 1. The lowest BCUT2D eigenvalue weighted by molar-refractivity contribution is 0.359. The predicted octanol–water partition coefficient (Wildman–Crippen LogP) is 1.84. The van der Waals surface area contributed by atoms with Gasteiger partial charge in [0.15, 0.2) is 0 Å². The first kappa shape index (κ1) is 15.7. The topological polar surface area (TPSA) is 31.7 Å². The third-order valence-corrected chi connectivity index (χ3v) is 4.88. The number of rotatable bonds is 3. The molecule has 5 heteroatoms. The molecule has 2 aromatic heterocycles. The van der Waals surface area contributed by atoms with Crippen LogP contribution >= 0.6 is 11.3 Å². The monoisotopic (exact) mass is 326 g/mol. The number of nitrogens with zero attached hydrogens (tertiary/aromatic N) is 4. The molecular formula is C18H22N4S. The highest BCUT2D eigenvalue weighted by atomic mass is 32.1. The summed E-state index contributed by atoms with van der Waals surface area (Å²) < 4.78 is 1.09. The van der Waals surface area contributed by atoms with Crippen LogP contribution in [0.5, 0.6) is 0 Å². The Morgan fingerprint density at radius 2 is 2.09 bits per heavy atom. The van der Waals surface area contributed by atoms with Crippen molar-refractivity contribution in [3.05, 3.63) is 45.1 Å². The summed E-state index contributed by atoms with van der Waals surface area (Å²) in [6.07, 6.45) is 3.72. The Morgan fingerprint density at radius 1 is 1.30 bits per heavy atom. The fraction of sp³-hybridized carbons (Fsp3) is 0.333. The van der Waals surface area contributed by atoms with Gasteiger partial charge in [-0.1, -0.05) is 12.6 Å². The first-order chi connectivity index (χ1) is 11.2. The highest BCUT2D eigenvalue weighted by molar-refractivity contribution is 7.09. The molecule has 0 bridgehead atoms. The van der Waals surface area contributed by atoms with Gasteiger partial charge >= 0.3 is 0 Å². The molecule has 0 aromatic carbocycles. The minimum atomic E-state index is 0.942. The minimum absolute atomic E-state index is 0.942. The zero-order valence-electron chi connectivity index (χ0n) is 13.7. The SMILES string of the molecule is C=c1sc(C)c/c1=C(/N=C\C)N1CCN(c2ccccn2)CC1. The van der Waals surface area contributed by atoms with Crippen molar-refractivity contribution in [1.82, 2.24) is 9.88 Å². The van der Waals surface area contributed by atoms with E-state index < -0.39 is 0 Å². The molecule has 0 N–H and O–H groups in total. The van der Waals surface area contributed by atoms with E-state index in [0.717, 1.165) is 47.6 Å². The average Bonchev–Trinajstić information content (AvgIpc) is 2.92. The first-order valence-corrected chi connectivity index (χ1v) is 8.70. The zero-order valence-corrected chi connectivity index (χ0v) is 14.5. The van der Waals surface area contributed by atoms with E-state index in [0.29, 0.717) is 0 Å². The van der Waals surface area contributed by atoms with Crippen LogP contribution in [-0.4, -0.2) is 42.3 Å². The van der Waals surface area contributed by atoms with Gasteiger partial charge in [0.05, 0.1) is 0 Å². The number of thiophene rings is 1. The molecule has 0 radical (unpaired) electrons. The summed E-state index contributed by atoms with van der Waals surface area (Å²) in [5, 5.41) is 1.16. The largest absolute Gasteiger partial charge is 0.353 e. The standard InChI is InChI=1S/C18H22N4S/c1-4-19-18(16-13-14(2)23-15(16)3)22-11-9-21(10-12-22)17-7-5-6-8-20-17/h4-8,13H,3,9-12H2,1-2H3/b18-16+,19-4-. The number of anilines is 1. The van der Waals surface area contributed by atoms with E-state index in [1.165, 1.54) is 4.88 Å². The van der Waals surface area contributed by atoms with Gasteiger partial charge in [-0.15, -0.1) is 11.3 Å². The van der Waals surface area contributed by atoms with E-state index in [9.17, 15) is 0 Å². The van der Waals surface area contributed by atoms with Crippen molar-refractivity contribution in [1.29, 1.82) is 0 Å². The number of aromatic nitrogens is 1. The molecule has 120 valence electrons. The summed E-state index contributed by atoms with van der Waals surface area (Å²) in [4.78, 5) is 15.0. The van der Waals surface area contributed by atoms with Gasteiger partial charge in [-0.25, -0.2) is 9.98 Å². The molecule has 1 aliphatic heterocycles. The highest BCUT2D eigenvalue weighted by Gasteiger charge is 2.20. The lowest BCUT2D eigenvalue weighted by Gasteiger charge is -2.36. The van der Waals surface area contributed by atoms with Crippen LogP contribution in [0.2, 0.25) is 0 Å². The molecule has 0 unspecified atom stereocenters. The molecule has 0 amide bonds. The van der Waals surface area contributed by atoms with Crippen molar-refractivity contribution in [2.45, 2.75) is 13.8 Å². The van der Waals surface area contributed by atoms with E-state index in [1.54, 1.807) is 11.3 Å². The third-order valence-electron chi connectivity index (χ3n) is 3.98. The third kappa shape index (κ3) is 3.45. The maximum atomic E-state index is 4.64. The fourth-order valence-corrected chi connectivity index (χ4v) is 3.71. The Morgan fingerprint density at radius 3 is 2.65 bits per heavy atom. The molecule has 23 heavy (non-hydrogen) atoms. The van der Waals surface area contributed by atoms with Gasteiger partial charge < -0.3 is 9.80 Å². The summed E-state index contributed by atoms with van der Waals surface area (Å²) in [5.41, 5.74) is 0. The highest BCUT2D eigenvalue weighted by Crippen LogP contribution is 2.16. The number of hydrogen-bond acceptors (Lipinski definition) is 5. The molecule has 1 saturated heterocycles. The van der Waals surface area contributed by atoms with Crippen LogP contribution in [0.15, 0.2) is 35.5 Å². The van der Waals surface area contributed by atoms with Crippen molar-refractivity contribution in [3.63, 3.8) is 0 Å². The van der Waals surface area contributed by atoms with E-state index in [-0.39, 0.29) is 0 Å². The van der Waals surface area contributed by atoms with Crippen molar-refractivity contribution in [2.24, 2.45) is 4.99 Å². The number of pyridine rings is 1. The molecule has 2 aromatic rings. The van der Waals surface area contributed by atoms with Crippen molar-refractivity contribution < 1.29 is 0 Å². The first-order valence-electron chi connectivity index (χ1n) is 7.88. The summed E-state index contributed by atoms with van der Waals surface area (Å²) in [5.74, 6) is 2.10. The second kappa shape index (κ2) is 6.96. The van der Waals surface area contributed by atoms with Crippen molar-refractivity contribution in [2.75, 3.05) is 31.1 Å². The van der Waals surface area contributed by atoms with Crippen LogP contribution in [0, 0.1) is 6.92 Å². The molecule has 4 nitrogen and oxygen atoms in total. The Labute approximate surface area is 141 Å². The van der Waals surface area contributed by atoms with E-state index in [1.807, 2.05) is 31.5 Å². The minimum Gasteiger partial charge on any atom is -0.353 e. The van der Waals surface area contributed by atoms with Crippen LogP contribution in [0.3, 0.4) is 0 Å². The molecule has 0 spiro atoms. The van der Waals surface area contributed by atoms with Crippen LogP contribution in [0.1, 0.15) is 11.8 Å². The molecule has 3 rings (SSSR count). The zero-order chi connectivity index (χ0) is 16.2. The quantitative estimate of drug-likeness (QED) is 0.807. The van der Waals surface area contributed by atoms with Gasteiger partial charge in [0.25, 0.3) is 0 Å². The maximum Gasteiger partial charge on any atom is 0.136 e. The van der Waals surface area contributed by atoms with Crippen molar-refractivity contribution in [3.8, 4) is 0 Å². The Kier molecular flexibility index (Phi) is 4.76. The van der Waals surface area contributed by atoms with Gasteiger partial charge in [-0.2, -0.15) is 0 Å². The Bertz CT molecular complexity index is 786. The van der Waals surface area contributed by atoms with Gasteiger partial charge in [-0.05, 0) is 32.0 Å². The second-order valence-corrected chi connectivity index (χ2v) is 6.91. The number of hydrogen-bond donors (Lipinski definition) is 0. The van der Waals surface area contributed by atoms with Crippen LogP contribution < -0.4 is 14.7 Å². The van der Waals surface area contributed by atoms with Crippen LogP contribution in [-0.2, 0) is 0 Å². The van der Waals surface area contributed by atoms with Crippen LogP contribution in [0.4, 0.5) is 5.82 Å². The Hall–Kier alpha value is -2.14. The van der Waals surface area contributed by atoms with E-state index >= 15 is 0 Å². The number of piperazine rings is 1. The normalized spacial score (nSPS) is 17.0. The fourth-order valence-electron chi connectivity index (χ4n) is 2.88. The van der Waals surface area contributed by atoms with Gasteiger partial charge in [0.2, 0.25) is 0 Å². The molecule has 0 aliphatic carbocycles. The summed E-state index contributed by atoms with van der Waals surface area (Å²) >= 11 is 1.73.